The number of aliphatic hydroxyl groups is 2. The quantitative estimate of drug-likeness (QED) is 0.700. The fraction of sp³-hybridized carbons (Fsp3) is 0.400. The number of aromatic nitrogens is 1. The number of carbonyl (C=O) groups is 1. The maximum Gasteiger partial charge on any atom is 0.216 e. The van der Waals surface area contributed by atoms with Crippen molar-refractivity contribution in [1.29, 1.82) is 0 Å². The van der Waals surface area contributed by atoms with Gasteiger partial charge in [-0.3, -0.25) is 4.79 Å². The van der Waals surface area contributed by atoms with Gasteiger partial charge in [0.1, 0.15) is 16.8 Å². The fourth-order valence-electron chi connectivity index (χ4n) is 1.19. The molecule has 0 saturated heterocycles. The van der Waals surface area contributed by atoms with Crippen LogP contribution in [-0.2, 0) is 4.79 Å². The summed E-state index contributed by atoms with van der Waals surface area (Å²) in [4.78, 5) is 14.6. The van der Waals surface area contributed by atoms with E-state index >= 15 is 0 Å². The van der Waals surface area contributed by atoms with Crippen molar-refractivity contribution < 1.29 is 15.0 Å². The lowest BCUT2D eigenvalue weighted by Crippen LogP contribution is -2.34. The van der Waals surface area contributed by atoms with E-state index in [-0.39, 0.29) is 12.5 Å². The zero-order valence-electron chi connectivity index (χ0n) is 8.72. The van der Waals surface area contributed by atoms with Gasteiger partial charge in [0.15, 0.2) is 0 Å². The van der Waals surface area contributed by atoms with Crippen molar-refractivity contribution in [3.8, 4) is 0 Å². The molecule has 1 amide bonds. The van der Waals surface area contributed by atoms with E-state index in [0.717, 1.165) is 0 Å². The molecule has 0 bridgehead atoms. The van der Waals surface area contributed by atoms with Gasteiger partial charge in [-0.15, -0.1) is 0 Å². The largest absolute Gasteiger partial charge is 0.388 e. The molecule has 0 fully saturated rings. The van der Waals surface area contributed by atoms with Crippen LogP contribution in [0.25, 0.3) is 0 Å². The molecule has 0 aliphatic carbocycles. The molecule has 0 aliphatic rings. The van der Waals surface area contributed by atoms with E-state index < -0.39 is 12.2 Å². The summed E-state index contributed by atoms with van der Waals surface area (Å²) in [5.41, 5.74) is 0.486. The van der Waals surface area contributed by atoms with Gasteiger partial charge in [0.05, 0.1) is 0 Å². The molecule has 2 unspecified atom stereocenters. The Morgan fingerprint density at radius 2 is 2.31 bits per heavy atom. The summed E-state index contributed by atoms with van der Waals surface area (Å²) in [5, 5.41) is 21.9. The number of nitrogens with one attached hydrogen (secondary N) is 1. The first kappa shape index (κ1) is 13.1. The predicted octanol–water partition coefficient (Wildman–Crippen LogP) is 0.374. The highest BCUT2D eigenvalue weighted by Crippen LogP contribution is 2.23. The summed E-state index contributed by atoms with van der Waals surface area (Å²) in [5.74, 6) is -0.253. The molecular weight excluding hydrogens is 276 g/mol. The Bertz CT molecular complexity index is 373. The summed E-state index contributed by atoms with van der Waals surface area (Å²) in [7, 11) is 0. The Labute approximate surface area is 102 Å². The van der Waals surface area contributed by atoms with Gasteiger partial charge in [-0.2, -0.15) is 0 Å². The van der Waals surface area contributed by atoms with Crippen molar-refractivity contribution in [2.45, 2.75) is 19.1 Å². The molecule has 0 radical (unpaired) electrons. The normalized spacial score (nSPS) is 14.2. The molecule has 3 N–H and O–H groups in total. The summed E-state index contributed by atoms with van der Waals surface area (Å²) < 4.78 is 0.476. The second kappa shape index (κ2) is 5.93. The van der Waals surface area contributed by atoms with Crippen LogP contribution in [0.15, 0.2) is 22.9 Å². The van der Waals surface area contributed by atoms with E-state index in [4.69, 9.17) is 0 Å². The molecule has 0 saturated carbocycles. The van der Waals surface area contributed by atoms with Crippen molar-refractivity contribution in [1.82, 2.24) is 10.3 Å². The minimum atomic E-state index is -1.09. The Hall–Kier alpha value is -0.980. The molecule has 2 atom stereocenters. The highest BCUT2D eigenvalue weighted by molar-refractivity contribution is 9.10. The Balaban J connectivity index is 2.66. The molecule has 0 aliphatic heterocycles. The number of nitrogens with zero attached hydrogens (tertiary/aromatic N) is 1. The van der Waals surface area contributed by atoms with Gasteiger partial charge in [-0.05, 0) is 22.0 Å². The van der Waals surface area contributed by atoms with Crippen molar-refractivity contribution in [3.05, 3.63) is 28.5 Å². The highest BCUT2D eigenvalue weighted by Gasteiger charge is 2.20. The van der Waals surface area contributed by atoms with E-state index in [1.165, 1.54) is 6.92 Å². The lowest BCUT2D eigenvalue weighted by atomic mass is 10.1. The number of halogens is 1. The van der Waals surface area contributed by atoms with E-state index in [1.54, 1.807) is 18.3 Å². The molecule has 1 aromatic heterocycles. The fourth-order valence-corrected chi connectivity index (χ4v) is 1.67. The maximum atomic E-state index is 10.6. The summed E-state index contributed by atoms with van der Waals surface area (Å²) in [6.07, 6.45) is -0.583. The van der Waals surface area contributed by atoms with Gasteiger partial charge in [0.25, 0.3) is 0 Å². The third-order valence-electron chi connectivity index (χ3n) is 2.03. The first-order chi connectivity index (χ1) is 7.52. The van der Waals surface area contributed by atoms with Gasteiger partial charge in [0.2, 0.25) is 5.91 Å². The average molecular weight is 289 g/mol. The topological polar surface area (TPSA) is 82.5 Å². The van der Waals surface area contributed by atoms with Gasteiger partial charge in [0, 0.05) is 25.2 Å². The van der Waals surface area contributed by atoms with Gasteiger partial charge in [-0.25, -0.2) is 4.98 Å². The summed E-state index contributed by atoms with van der Waals surface area (Å²) in [6.45, 7) is 1.34. The van der Waals surface area contributed by atoms with Crippen LogP contribution in [0, 0.1) is 0 Å². The number of amides is 1. The first-order valence-electron chi connectivity index (χ1n) is 4.73. The van der Waals surface area contributed by atoms with E-state index in [0.29, 0.717) is 10.2 Å². The van der Waals surface area contributed by atoms with Crippen LogP contribution in [0.1, 0.15) is 18.6 Å². The molecular formula is C10H13BrN2O3. The van der Waals surface area contributed by atoms with E-state index in [9.17, 15) is 15.0 Å². The van der Waals surface area contributed by atoms with Crippen LogP contribution in [0.4, 0.5) is 0 Å². The van der Waals surface area contributed by atoms with E-state index in [2.05, 4.69) is 26.2 Å². The first-order valence-corrected chi connectivity index (χ1v) is 5.52. The SMILES string of the molecule is CC(=O)NCC(O)C(O)c1cccnc1Br. The number of aliphatic hydroxyl groups excluding tert-OH is 2. The van der Waals surface area contributed by atoms with Crippen molar-refractivity contribution in [2.75, 3.05) is 6.54 Å². The number of pyridine rings is 1. The molecule has 1 aromatic rings. The third kappa shape index (κ3) is 3.55. The second-order valence-electron chi connectivity index (χ2n) is 3.33. The lowest BCUT2D eigenvalue weighted by molar-refractivity contribution is -0.119. The smallest absolute Gasteiger partial charge is 0.216 e. The number of rotatable bonds is 4. The van der Waals surface area contributed by atoms with Gasteiger partial charge >= 0.3 is 0 Å². The highest BCUT2D eigenvalue weighted by atomic mass is 79.9. The second-order valence-corrected chi connectivity index (χ2v) is 4.08. The number of hydrogen-bond donors (Lipinski definition) is 3. The molecule has 1 heterocycles. The Morgan fingerprint density at radius 3 is 2.88 bits per heavy atom. The number of hydrogen-bond acceptors (Lipinski definition) is 4. The monoisotopic (exact) mass is 288 g/mol. The van der Waals surface area contributed by atoms with Crippen LogP contribution in [0.3, 0.4) is 0 Å². The van der Waals surface area contributed by atoms with Crippen LogP contribution in [-0.4, -0.2) is 33.8 Å². The van der Waals surface area contributed by atoms with E-state index in [1.807, 2.05) is 0 Å². The minimum absolute atomic E-state index is 0.00215. The summed E-state index contributed by atoms with van der Waals surface area (Å²) in [6, 6.07) is 3.31. The maximum absolute atomic E-state index is 10.6. The van der Waals surface area contributed by atoms with Crippen LogP contribution >= 0.6 is 15.9 Å². The molecule has 88 valence electrons. The number of carbonyl (C=O) groups excluding carboxylic acids is 1. The van der Waals surface area contributed by atoms with Crippen molar-refractivity contribution >= 4 is 21.8 Å². The lowest BCUT2D eigenvalue weighted by Gasteiger charge is -2.18. The zero-order chi connectivity index (χ0) is 12.1. The molecule has 1 rings (SSSR count). The molecule has 6 heteroatoms. The Kier molecular flexibility index (Phi) is 4.85. The predicted molar refractivity (Wildman–Crippen MR) is 61.6 cm³/mol. The van der Waals surface area contributed by atoms with Gasteiger partial charge in [-0.1, -0.05) is 6.07 Å². The molecule has 16 heavy (non-hydrogen) atoms. The van der Waals surface area contributed by atoms with Crippen molar-refractivity contribution in [3.63, 3.8) is 0 Å². The molecule has 0 spiro atoms. The van der Waals surface area contributed by atoms with Crippen LogP contribution in [0.5, 0.6) is 0 Å². The summed E-state index contributed by atoms with van der Waals surface area (Å²) >= 11 is 3.18. The Morgan fingerprint density at radius 1 is 1.62 bits per heavy atom. The van der Waals surface area contributed by atoms with Crippen LogP contribution in [0.2, 0.25) is 0 Å². The molecule has 5 nitrogen and oxygen atoms in total. The van der Waals surface area contributed by atoms with Gasteiger partial charge < -0.3 is 15.5 Å². The third-order valence-corrected chi connectivity index (χ3v) is 2.69. The molecule has 0 aromatic carbocycles. The standard InChI is InChI=1S/C10H13BrN2O3/c1-6(14)13-5-8(15)9(16)7-3-2-4-12-10(7)11/h2-4,8-9,15-16H,5H2,1H3,(H,13,14). The minimum Gasteiger partial charge on any atom is -0.388 e. The van der Waals surface area contributed by atoms with Crippen LogP contribution < -0.4 is 5.32 Å². The van der Waals surface area contributed by atoms with Crippen molar-refractivity contribution in [2.24, 2.45) is 0 Å². The average Bonchev–Trinajstić information content (AvgIpc) is 2.25. The zero-order valence-corrected chi connectivity index (χ0v) is 10.3.